The maximum absolute atomic E-state index is 5.85. The number of hydrogen-bond donors (Lipinski definition) is 0. The number of aromatic nitrogens is 3. The van der Waals surface area contributed by atoms with Gasteiger partial charge in [-0.3, -0.25) is 9.97 Å². The van der Waals surface area contributed by atoms with Crippen molar-refractivity contribution < 1.29 is 14.2 Å². The molecule has 6 nitrogen and oxygen atoms in total. The van der Waals surface area contributed by atoms with E-state index in [0.29, 0.717) is 32.2 Å². The van der Waals surface area contributed by atoms with Gasteiger partial charge in [0.2, 0.25) is 0 Å². The summed E-state index contributed by atoms with van der Waals surface area (Å²) in [6, 6.07) is 15.2. The number of ether oxygens (including phenoxy) is 3. The maximum Gasteiger partial charge on any atom is 0.123 e. The molecule has 0 saturated heterocycles. The Bertz CT molecular complexity index is 740. The van der Waals surface area contributed by atoms with Gasteiger partial charge in [-0.25, -0.2) is 4.98 Å². The zero-order chi connectivity index (χ0) is 18.0. The smallest absolute Gasteiger partial charge is 0.123 e. The zero-order valence-electron chi connectivity index (χ0n) is 14.7. The minimum Gasteiger partial charge on any atom is -0.491 e. The van der Waals surface area contributed by atoms with Crippen LogP contribution >= 0.6 is 0 Å². The van der Waals surface area contributed by atoms with Gasteiger partial charge in [-0.15, -0.1) is 0 Å². The molecule has 134 valence electrons. The summed E-state index contributed by atoms with van der Waals surface area (Å²) in [5, 5.41) is 0. The van der Waals surface area contributed by atoms with Gasteiger partial charge in [-0.2, -0.15) is 0 Å². The lowest BCUT2D eigenvalue weighted by Gasteiger charge is -2.11. The highest BCUT2D eigenvalue weighted by Crippen LogP contribution is 2.26. The summed E-state index contributed by atoms with van der Waals surface area (Å²) in [4.78, 5) is 13.4. The molecule has 0 saturated carbocycles. The topological polar surface area (TPSA) is 66.4 Å². The van der Waals surface area contributed by atoms with Gasteiger partial charge in [-0.1, -0.05) is 12.1 Å². The van der Waals surface area contributed by atoms with Crippen molar-refractivity contribution in [3.63, 3.8) is 0 Å². The third-order valence-corrected chi connectivity index (χ3v) is 3.58. The standard InChI is InChI=1S/C20H21N3O3/c1-24-10-11-25-12-13-26-16-14-19(17-6-2-4-8-21-17)23-20(15-16)18-7-3-5-9-22-18/h2-9,14-15H,10-13H2,1H3. The number of pyridine rings is 3. The Hall–Kier alpha value is -2.83. The molecule has 0 bridgehead atoms. The molecule has 26 heavy (non-hydrogen) atoms. The SMILES string of the molecule is COCCOCCOc1cc(-c2ccccn2)nc(-c2ccccn2)c1. The van der Waals surface area contributed by atoms with Crippen molar-refractivity contribution in [2.45, 2.75) is 0 Å². The molecule has 3 aromatic heterocycles. The van der Waals surface area contributed by atoms with Gasteiger partial charge in [0.05, 0.1) is 42.6 Å². The van der Waals surface area contributed by atoms with Gasteiger partial charge in [0.25, 0.3) is 0 Å². The van der Waals surface area contributed by atoms with E-state index in [9.17, 15) is 0 Å². The van der Waals surface area contributed by atoms with Crippen LogP contribution in [0, 0.1) is 0 Å². The quantitative estimate of drug-likeness (QED) is 0.551. The summed E-state index contributed by atoms with van der Waals surface area (Å²) >= 11 is 0. The molecule has 6 heteroatoms. The first-order chi connectivity index (χ1) is 12.9. The van der Waals surface area contributed by atoms with Crippen LogP contribution in [0.4, 0.5) is 0 Å². The van der Waals surface area contributed by atoms with Crippen LogP contribution in [0.15, 0.2) is 60.9 Å². The molecule has 0 aliphatic carbocycles. The highest BCUT2D eigenvalue weighted by atomic mass is 16.5. The minimum absolute atomic E-state index is 0.442. The highest BCUT2D eigenvalue weighted by Gasteiger charge is 2.09. The Balaban J connectivity index is 1.79. The van der Waals surface area contributed by atoms with Gasteiger partial charge < -0.3 is 14.2 Å². The molecule has 3 aromatic rings. The molecule has 0 spiro atoms. The molecule has 0 aliphatic heterocycles. The Labute approximate surface area is 152 Å². The summed E-state index contributed by atoms with van der Waals surface area (Å²) in [7, 11) is 1.65. The lowest BCUT2D eigenvalue weighted by Crippen LogP contribution is -2.10. The molecule has 0 aliphatic rings. The van der Waals surface area contributed by atoms with Gasteiger partial charge in [0, 0.05) is 31.6 Å². The van der Waals surface area contributed by atoms with E-state index in [4.69, 9.17) is 14.2 Å². The maximum atomic E-state index is 5.85. The van der Waals surface area contributed by atoms with Crippen LogP contribution in [0.1, 0.15) is 0 Å². The summed E-state index contributed by atoms with van der Waals surface area (Å²) in [6.07, 6.45) is 3.49. The van der Waals surface area contributed by atoms with Crippen molar-refractivity contribution in [1.29, 1.82) is 0 Å². The molecule has 0 atom stereocenters. The van der Waals surface area contributed by atoms with Crippen molar-refractivity contribution in [1.82, 2.24) is 15.0 Å². The summed E-state index contributed by atoms with van der Waals surface area (Å²) in [5.74, 6) is 0.705. The number of rotatable bonds is 9. The summed E-state index contributed by atoms with van der Waals surface area (Å²) < 4.78 is 16.2. The van der Waals surface area contributed by atoms with E-state index in [-0.39, 0.29) is 0 Å². The van der Waals surface area contributed by atoms with Gasteiger partial charge >= 0.3 is 0 Å². The fraction of sp³-hybridized carbons (Fsp3) is 0.250. The molecule has 0 aromatic carbocycles. The molecule has 0 radical (unpaired) electrons. The second-order valence-electron chi connectivity index (χ2n) is 5.46. The molecule has 0 amide bonds. The zero-order valence-corrected chi connectivity index (χ0v) is 14.7. The number of methoxy groups -OCH3 is 1. The van der Waals surface area contributed by atoms with Crippen molar-refractivity contribution in [2.75, 3.05) is 33.5 Å². The summed E-state index contributed by atoms with van der Waals surface area (Å²) in [5.41, 5.74) is 3.05. The Morgan fingerprint density at radius 3 is 1.88 bits per heavy atom. The predicted molar refractivity (Wildman–Crippen MR) is 98.9 cm³/mol. The molecule has 0 unspecified atom stereocenters. The third-order valence-electron chi connectivity index (χ3n) is 3.58. The van der Waals surface area contributed by atoms with Crippen LogP contribution in [0.25, 0.3) is 22.8 Å². The molecular weight excluding hydrogens is 330 g/mol. The fourth-order valence-electron chi connectivity index (χ4n) is 2.34. The normalized spacial score (nSPS) is 10.7. The molecule has 0 fully saturated rings. The lowest BCUT2D eigenvalue weighted by molar-refractivity contribution is 0.0544. The molecule has 3 heterocycles. The fourth-order valence-corrected chi connectivity index (χ4v) is 2.34. The van der Waals surface area contributed by atoms with E-state index in [1.165, 1.54) is 0 Å². The van der Waals surface area contributed by atoms with Crippen molar-refractivity contribution in [3.05, 3.63) is 60.9 Å². The molecule has 0 N–H and O–H groups in total. The van der Waals surface area contributed by atoms with Crippen LogP contribution in [0.5, 0.6) is 5.75 Å². The second-order valence-corrected chi connectivity index (χ2v) is 5.46. The van der Waals surface area contributed by atoms with Crippen LogP contribution in [0.2, 0.25) is 0 Å². The number of hydrogen-bond acceptors (Lipinski definition) is 6. The lowest BCUT2D eigenvalue weighted by atomic mass is 10.2. The Morgan fingerprint density at radius 1 is 0.731 bits per heavy atom. The van der Waals surface area contributed by atoms with E-state index in [0.717, 1.165) is 22.8 Å². The van der Waals surface area contributed by atoms with Gasteiger partial charge in [-0.05, 0) is 24.3 Å². The van der Waals surface area contributed by atoms with Crippen molar-refractivity contribution in [3.8, 4) is 28.5 Å². The number of nitrogens with zero attached hydrogens (tertiary/aromatic N) is 3. The van der Waals surface area contributed by atoms with Crippen LogP contribution < -0.4 is 4.74 Å². The largest absolute Gasteiger partial charge is 0.491 e. The van der Waals surface area contributed by atoms with Crippen LogP contribution in [0.3, 0.4) is 0 Å². The Kier molecular flexibility index (Phi) is 6.64. The molecular formula is C20H21N3O3. The van der Waals surface area contributed by atoms with E-state index in [1.54, 1.807) is 19.5 Å². The average Bonchev–Trinajstić information content (AvgIpc) is 2.72. The van der Waals surface area contributed by atoms with Crippen molar-refractivity contribution in [2.24, 2.45) is 0 Å². The highest BCUT2D eigenvalue weighted by molar-refractivity contribution is 5.64. The Morgan fingerprint density at radius 2 is 1.35 bits per heavy atom. The van der Waals surface area contributed by atoms with Crippen LogP contribution in [-0.2, 0) is 9.47 Å². The average molecular weight is 351 g/mol. The third kappa shape index (κ3) is 5.08. The van der Waals surface area contributed by atoms with Crippen LogP contribution in [-0.4, -0.2) is 48.5 Å². The monoisotopic (exact) mass is 351 g/mol. The first-order valence-electron chi connectivity index (χ1n) is 8.41. The van der Waals surface area contributed by atoms with E-state index in [1.807, 2.05) is 48.5 Å². The summed E-state index contributed by atoms with van der Waals surface area (Å²) in [6.45, 7) is 2.05. The van der Waals surface area contributed by atoms with Crippen molar-refractivity contribution >= 4 is 0 Å². The first kappa shape index (κ1) is 18.0. The van der Waals surface area contributed by atoms with E-state index < -0.39 is 0 Å². The first-order valence-corrected chi connectivity index (χ1v) is 8.41. The minimum atomic E-state index is 0.442. The van der Waals surface area contributed by atoms with E-state index in [2.05, 4.69) is 15.0 Å². The van der Waals surface area contributed by atoms with Gasteiger partial charge in [0.15, 0.2) is 0 Å². The van der Waals surface area contributed by atoms with Gasteiger partial charge in [0.1, 0.15) is 12.4 Å². The van der Waals surface area contributed by atoms with E-state index >= 15 is 0 Å². The second kappa shape index (κ2) is 9.60. The molecule has 3 rings (SSSR count). The predicted octanol–water partition coefficient (Wildman–Crippen LogP) is 3.25.